The lowest BCUT2D eigenvalue weighted by molar-refractivity contribution is 0.515. The van der Waals surface area contributed by atoms with Crippen molar-refractivity contribution in [3.05, 3.63) is 48.0 Å². The van der Waals surface area contributed by atoms with Crippen molar-refractivity contribution in [1.29, 1.82) is 0 Å². The number of hydrogen-bond donors (Lipinski definition) is 1. The maximum absolute atomic E-state index is 13.7. The van der Waals surface area contributed by atoms with Crippen molar-refractivity contribution in [2.75, 3.05) is 19.0 Å². The maximum atomic E-state index is 13.7. The van der Waals surface area contributed by atoms with E-state index in [4.69, 9.17) is 0 Å². The summed E-state index contributed by atoms with van der Waals surface area (Å²) in [6.07, 6.45) is 0. The molecule has 0 saturated carbocycles. The zero-order valence-electron chi connectivity index (χ0n) is 11.1. The van der Waals surface area contributed by atoms with Gasteiger partial charge in [-0.25, -0.2) is 13.8 Å². The van der Waals surface area contributed by atoms with Crippen LogP contribution < -0.4 is 4.90 Å². The number of benzene rings is 2. The molecular weight excluding hydrogens is 260 g/mol. The number of nitrogens with zero attached hydrogens (tertiary/aromatic N) is 2. The molecule has 3 nitrogen and oxygen atoms in total. The molecule has 0 aliphatic heterocycles. The first kappa shape index (κ1) is 12.6. The standard InChI is InChI=1S/C15H13F2N3/c1-20(2)10-5-3-4-9(8-10)15-18-12-7-6-11(16)13(17)14(12)19-15/h3-8H,1-2H3,(H,18,19). The van der Waals surface area contributed by atoms with Gasteiger partial charge in [-0.2, -0.15) is 0 Å². The van der Waals surface area contributed by atoms with Gasteiger partial charge in [0.15, 0.2) is 11.6 Å². The van der Waals surface area contributed by atoms with Gasteiger partial charge >= 0.3 is 0 Å². The molecule has 0 spiro atoms. The van der Waals surface area contributed by atoms with Crippen molar-refractivity contribution >= 4 is 16.7 Å². The van der Waals surface area contributed by atoms with E-state index in [0.717, 1.165) is 17.3 Å². The van der Waals surface area contributed by atoms with Crippen LogP contribution in [0.5, 0.6) is 0 Å². The molecule has 0 bridgehead atoms. The van der Waals surface area contributed by atoms with Gasteiger partial charge < -0.3 is 9.88 Å². The van der Waals surface area contributed by atoms with E-state index in [1.54, 1.807) is 0 Å². The maximum Gasteiger partial charge on any atom is 0.186 e. The molecule has 0 radical (unpaired) electrons. The predicted molar refractivity (Wildman–Crippen MR) is 75.8 cm³/mol. The third-order valence-electron chi connectivity index (χ3n) is 3.18. The van der Waals surface area contributed by atoms with Gasteiger partial charge in [-0.1, -0.05) is 12.1 Å². The third-order valence-corrected chi connectivity index (χ3v) is 3.18. The molecule has 20 heavy (non-hydrogen) atoms. The molecular formula is C15H13F2N3. The van der Waals surface area contributed by atoms with E-state index in [2.05, 4.69) is 9.97 Å². The van der Waals surface area contributed by atoms with Crippen LogP contribution in [0.3, 0.4) is 0 Å². The first-order valence-electron chi connectivity index (χ1n) is 6.18. The Labute approximate surface area is 114 Å². The number of anilines is 1. The summed E-state index contributed by atoms with van der Waals surface area (Å²) in [5.74, 6) is -1.29. The second-order valence-corrected chi connectivity index (χ2v) is 4.79. The summed E-state index contributed by atoms with van der Waals surface area (Å²) < 4.78 is 26.9. The Morgan fingerprint density at radius 1 is 1.10 bits per heavy atom. The molecule has 0 fully saturated rings. The Bertz CT molecular complexity index is 778. The predicted octanol–water partition coefficient (Wildman–Crippen LogP) is 3.57. The summed E-state index contributed by atoms with van der Waals surface area (Å²) in [6, 6.07) is 10.3. The second kappa shape index (κ2) is 4.59. The zero-order chi connectivity index (χ0) is 14.3. The van der Waals surface area contributed by atoms with Crippen LogP contribution in [0.4, 0.5) is 14.5 Å². The summed E-state index contributed by atoms with van der Waals surface area (Å²) in [5.41, 5.74) is 2.34. The van der Waals surface area contributed by atoms with Crippen LogP contribution in [-0.2, 0) is 0 Å². The highest BCUT2D eigenvalue weighted by atomic mass is 19.2. The molecule has 0 aliphatic carbocycles. The molecule has 0 saturated heterocycles. The number of hydrogen-bond acceptors (Lipinski definition) is 2. The number of aromatic amines is 1. The van der Waals surface area contributed by atoms with Gasteiger partial charge in [-0.15, -0.1) is 0 Å². The molecule has 2 aromatic carbocycles. The van der Waals surface area contributed by atoms with Crippen molar-refractivity contribution < 1.29 is 8.78 Å². The first-order chi connectivity index (χ1) is 9.56. The normalized spacial score (nSPS) is 11.0. The van der Waals surface area contributed by atoms with E-state index >= 15 is 0 Å². The fourth-order valence-corrected chi connectivity index (χ4v) is 2.09. The minimum Gasteiger partial charge on any atom is -0.378 e. The smallest absolute Gasteiger partial charge is 0.186 e. The summed E-state index contributed by atoms with van der Waals surface area (Å²) in [4.78, 5) is 9.13. The minimum absolute atomic E-state index is 0.0234. The highest BCUT2D eigenvalue weighted by Crippen LogP contribution is 2.25. The fraction of sp³-hybridized carbons (Fsp3) is 0.133. The van der Waals surface area contributed by atoms with Crippen LogP contribution in [0.25, 0.3) is 22.4 Å². The van der Waals surface area contributed by atoms with Crippen LogP contribution in [-0.4, -0.2) is 24.1 Å². The van der Waals surface area contributed by atoms with Gasteiger partial charge in [-0.05, 0) is 24.3 Å². The van der Waals surface area contributed by atoms with E-state index < -0.39 is 11.6 Å². The van der Waals surface area contributed by atoms with E-state index in [-0.39, 0.29) is 5.52 Å². The molecule has 1 aromatic heterocycles. The highest BCUT2D eigenvalue weighted by Gasteiger charge is 2.13. The molecule has 1 heterocycles. The van der Waals surface area contributed by atoms with Gasteiger partial charge in [0, 0.05) is 25.3 Å². The van der Waals surface area contributed by atoms with Crippen LogP contribution in [0.1, 0.15) is 0 Å². The van der Waals surface area contributed by atoms with Gasteiger partial charge in [0.1, 0.15) is 11.3 Å². The van der Waals surface area contributed by atoms with Gasteiger partial charge in [0.05, 0.1) is 5.52 Å². The van der Waals surface area contributed by atoms with Gasteiger partial charge in [0.25, 0.3) is 0 Å². The molecule has 3 rings (SSSR count). The first-order valence-corrected chi connectivity index (χ1v) is 6.18. The Morgan fingerprint density at radius 2 is 1.90 bits per heavy atom. The Morgan fingerprint density at radius 3 is 2.65 bits per heavy atom. The average molecular weight is 273 g/mol. The molecule has 1 N–H and O–H groups in total. The number of rotatable bonds is 2. The molecule has 5 heteroatoms. The minimum atomic E-state index is -0.922. The Hall–Kier alpha value is -2.43. The summed E-state index contributed by atoms with van der Waals surface area (Å²) in [5, 5.41) is 0. The van der Waals surface area contributed by atoms with Crippen molar-refractivity contribution in [2.45, 2.75) is 0 Å². The molecule has 0 amide bonds. The molecule has 0 aliphatic rings. The van der Waals surface area contributed by atoms with E-state index in [9.17, 15) is 8.78 Å². The zero-order valence-corrected chi connectivity index (χ0v) is 11.1. The number of halogens is 2. The number of fused-ring (bicyclic) bond motifs is 1. The van der Waals surface area contributed by atoms with Crippen molar-refractivity contribution in [1.82, 2.24) is 9.97 Å². The molecule has 3 aromatic rings. The van der Waals surface area contributed by atoms with Crippen LogP contribution in [0.15, 0.2) is 36.4 Å². The molecule has 0 unspecified atom stereocenters. The summed E-state index contributed by atoms with van der Waals surface area (Å²) in [6.45, 7) is 0. The lowest BCUT2D eigenvalue weighted by atomic mass is 10.2. The second-order valence-electron chi connectivity index (χ2n) is 4.79. The average Bonchev–Trinajstić information content (AvgIpc) is 2.88. The van der Waals surface area contributed by atoms with Crippen LogP contribution >= 0.6 is 0 Å². The fourth-order valence-electron chi connectivity index (χ4n) is 2.09. The highest BCUT2D eigenvalue weighted by molar-refractivity contribution is 5.80. The number of H-pyrrole nitrogens is 1. The van der Waals surface area contributed by atoms with Crippen LogP contribution in [0.2, 0.25) is 0 Å². The summed E-state index contributed by atoms with van der Waals surface area (Å²) in [7, 11) is 3.87. The van der Waals surface area contributed by atoms with E-state index in [1.165, 1.54) is 6.07 Å². The molecule has 102 valence electrons. The van der Waals surface area contributed by atoms with Gasteiger partial charge in [0.2, 0.25) is 0 Å². The van der Waals surface area contributed by atoms with Gasteiger partial charge in [-0.3, -0.25) is 0 Å². The Kier molecular flexibility index (Phi) is 2.89. The summed E-state index contributed by atoms with van der Waals surface area (Å²) >= 11 is 0. The van der Waals surface area contributed by atoms with Crippen LogP contribution in [0, 0.1) is 11.6 Å². The van der Waals surface area contributed by atoms with Crippen molar-refractivity contribution in [3.63, 3.8) is 0 Å². The molecule has 0 atom stereocenters. The lowest BCUT2D eigenvalue weighted by Gasteiger charge is -2.12. The number of aromatic nitrogens is 2. The quantitative estimate of drug-likeness (QED) is 0.774. The lowest BCUT2D eigenvalue weighted by Crippen LogP contribution is -2.08. The third kappa shape index (κ3) is 2.01. The van der Waals surface area contributed by atoms with Crippen molar-refractivity contribution in [2.24, 2.45) is 0 Å². The number of imidazole rings is 1. The number of nitrogens with one attached hydrogen (secondary N) is 1. The van der Waals surface area contributed by atoms with E-state index in [1.807, 2.05) is 43.3 Å². The monoisotopic (exact) mass is 273 g/mol. The van der Waals surface area contributed by atoms with E-state index in [0.29, 0.717) is 11.3 Å². The SMILES string of the molecule is CN(C)c1cccc(-c2nc3c(F)c(F)ccc3[nH]2)c1. The van der Waals surface area contributed by atoms with Crippen molar-refractivity contribution in [3.8, 4) is 11.4 Å². The Balaban J connectivity index is 2.15. The largest absolute Gasteiger partial charge is 0.378 e. The topological polar surface area (TPSA) is 31.9 Å².